The van der Waals surface area contributed by atoms with Gasteiger partial charge in [-0.3, -0.25) is 0 Å². The number of oxime groups is 1. The van der Waals surface area contributed by atoms with Crippen molar-refractivity contribution in [1.82, 2.24) is 0 Å². The Morgan fingerprint density at radius 3 is 2.54 bits per heavy atom. The van der Waals surface area contributed by atoms with Crippen molar-refractivity contribution in [2.24, 2.45) is 5.16 Å². The first kappa shape index (κ1) is 19.5. The largest absolute Gasteiger partial charge is 0.489 e. The van der Waals surface area contributed by atoms with E-state index >= 15 is 0 Å². The van der Waals surface area contributed by atoms with Crippen LogP contribution in [0.15, 0.2) is 78.0 Å². The fourth-order valence-electron chi connectivity index (χ4n) is 2.51. The van der Waals surface area contributed by atoms with Crippen LogP contribution in [0.1, 0.15) is 11.1 Å². The molecule has 0 aliphatic carbocycles. The molecule has 0 heterocycles. The van der Waals surface area contributed by atoms with Crippen LogP contribution in [-0.4, -0.2) is 23.9 Å². The molecule has 0 aromatic heterocycles. The van der Waals surface area contributed by atoms with Gasteiger partial charge in [0.2, 0.25) is 6.61 Å². The van der Waals surface area contributed by atoms with E-state index in [-0.39, 0.29) is 0 Å². The van der Waals surface area contributed by atoms with E-state index in [9.17, 15) is 4.79 Å². The summed E-state index contributed by atoms with van der Waals surface area (Å²) < 4.78 is 5.80. The average molecular weight is 396 g/mol. The van der Waals surface area contributed by atoms with Crippen molar-refractivity contribution in [2.75, 3.05) is 6.61 Å². The fraction of sp³-hybridized carbons (Fsp3) is 0.0909. The van der Waals surface area contributed by atoms with Crippen LogP contribution in [0.4, 0.5) is 0 Å². The van der Waals surface area contributed by atoms with Crippen LogP contribution in [-0.2, 0) is 16.2 Å². The minimum absolute atomic E-state index is 0.404. The number of nitrogens with zero attached hydrogens (tertiary/aromatic N) is 1. The van der Waals surface area contributed by atoms with Gasteiger partial charge in [-0.15, -0.1) is 0 Å². The standard InChI is InChI=1S/C22H18ClNO4/c23-21-7-2-1-5-19(21)14-27-20-10-8-17(9-11-20)18-6-3-4-16(12-18)13-24-28-15-22(25)26/h1-13H,14-15H2,(H,25,26)/b24-13+. The average Bonchev–Trinajstić information content (AvgIpc) is 2.71. The second-order valence-corrected chi connectivity index (χ2v) is 6.34. The molecular formula is C22H18ClNO4. The molecule has 28 heavy (non-hydrogen) atoms. The maximum Gasteiger partial charge on any atom is 0.344 e. The monoisotopic (exact) mass is 395 g/mol. The Balaban J connectivity index is 1.64. The second kappa shape index (κ2) is 9.58. The van der Waals surface area contributed by atoms with Crippen molar-refractivity contribution >= 4 is 23.8 Å². The maximum absolute atomic E-state index is 10.4. The van der Waals surface area contributed by atoms with E-state index in [2.05, 4.69) is 9.99 Å². The van der Waals surface area contributed by atoms with E-state index in [0.29, 0.717) is 11.6 Å². The number of carboxylic acid groups (broad SMARTS) is 1. The summed E-state index contributed by atoms with van der Waals surface area (Å²) in [6, 6.07) is 23.0. The third-order valence-corrected chi connectivity index (χ3v) is 4.26. The molecule has 0 aliphatic heterocycles. The number of rotatable bonds is 8. The first-order valence-corrected chi connectivity index (χ1v) is 8.93. The zero-order valence-corrected chi connectivity index (χ0v) is 15.7. The summed E-state index contributed by atoms with van der Waals surface area (Å²) in [4.78, 5) is 15.1. The normalized spacial score (nSPS) is 10.8. The van der Waals surface area contributed by atoms with E-state index in [1.54, 1.807) is 0 Å². The summed E-state index contributed by atoms with van der Waals surface area (Å²) in [6.45, 7) is -0.0623. The summed E-state index contributed by atoms with van der Waals surface area (Å²) in [5.74, 6) is -0.314. The van der Waals surface area contributed by atoms with Crippen molar-refractivity contribution in [2.45, 2.75) is 6.61 Å². The molecule has 0 saturated carbocycles. The highest BCUT2D eigenvalue weighted by Gasteiger charge is 2.03. The summed E-state index contributed by atoms with van der Waals surface area (Å²) >= 11 is 6.14. The van der Waals surface area contributed by atoms with Crippen LogP contribution in [0.25, 0.3) is 11.1 Å². The van der Waals surface area contributed by atoms with E-state index in [4.69, 9.17) is 21.4 Å². The molecule has 0 saturated heterocycles. The van der Waals surface area contributed by atoms with Gasteiger partial charge >= 0.3 is 5.97 Å². The van der Waals surface area contributed by atoms with Crippen molar-refractivity contribution in [3.05, 3.63) is 88.9 Å². The van der Waals surface area contributed by atoms with Crippen LogP contribution in [0.5, 0.6) is 5.75 Å². The number of aliphatic carboxylic acids is 1. The highest BCUT2D eigenvalue weighted by Crippen LogP contribution is 2.24. The molecule has 0 atom stereocenters. The van der Waals surface area contributed by atoms with Crippen LogP contribution in [0.3, 0.4) is 0 Å². The van der Waals surface area contributed by atoms with Gasteiger partial charge in [0.05, 0.1) is 6.21 Å². The molecular weight excluding hydrogens is 378 g/mol. The Hall–Kier alpha value is -3.31. The molecule has 3 rings (SSSR count). The van der Waals surface area contributed by atoms with Crippen molar-refractivity contribution < 1.29 is 19.5 Å². The molecule has 3 aromatic carbocycles. The van der Waals surface area contributed by atoms with Crippen molar-refractivity contribution in [1.29, 1.82) is 0 Å². The number of carboxylic acids is 1. The molecule has 5 nitrogen and oxygen atoms in total. The topological polar surface area (TPSA) is 68.1 Å². The SMILES string of the molecule is O=C(O)CO/N=C/c1cccc(-c2ccc(OCc3ccccc3Cl)cc2)c1. The minimum Gasteiger partial charge on any atom is -0.489 e. The number of benzene rings is 3. The van der Waals surface area contributed by atoms with Crippen molar-refractivity contribution in [3.8, 4) is 16.9 Å². The molecule has 142 valence electrons. The van der Waals surface area contributed by atoms with E-state index in [1.807, 2.05) is 72.8 Å². The predicted octanol–water partition coefficient (Wildman–Crippen LogP) is 5.02. The number of hydrogen-bond donors (Lipinski definition) is 1. The highest BCUT2D eigenvalue weighted by atomic mass is 35.5. The molecule has 1 N–H and O–H groups in total. The Labute approximate surface area is 167 Å². The third kappa shape index (κ3) is 5.59. The Morgan fingerprint density at radius 2 is 1.79 bits per heavy atom. The lowest BCUT2D eigenvalue weighted by atomic mass is 10.0. The first-order valence-electron chi connectivity index (χ1n) is 8.55. The van der Waals surface area contributed by atoms with Gasteiger partial charge in [-0.05, 0) is 41.0 Å². The Bertz CT molecular complexity index is 970. The molecule has 0 spiro atoms. The van der Waals surface area contributed by atoms with Gasteiger partial charge in [-0.2, -0.15) is 0 Å². The van der Waals surface area contributed by atoms with Gasteiger partial charge in [0.25, 0.3) is 0 Å². The van der Waals surface area contributed by atoms with Crippen LogP contribution in [0.2, 0.25) is 5.02 Å². The number of carbonyl (C=O) groups is 1. The van der Waals surface area contributed by atoms with Crippen molar-refractivity contribution in [3.63, 3.8) is 0 Å². The van der Waals surface area contributed by atoms with Gasteiger partial charge in [-0.1, -0.05) is 65.3 Å². The van der Waals surface area contributed by atoms with Gasteiger partial charge in [-0.25, -0.2) is 4.79 Å². The summed E-state index contributed by atoms with van der Waals surface area (Å²) in [5.41, 5.74) is 3.76. The van der Waals surface area contributed by atoms with E-state index in [0.717, 1.165) is 28.0 Å². The Morgan fingerprint density at radius 1 is 1.00 bits per heavy atom. The molecule has 3 aromatic rings. The van der Waals surface area contributed by atoms with Gasteiger partial charge in [0.15, 0.2) is 0 Å². The smallest absolute Gasteiger partial charge is 0.344 e. The van der Waals surface area contributed by atoms with Gasteiger partial charge in [0.1, 0.15) is 12.4 Å². The minimum atomic E-state index is -1.07. The lowest BCUT2D eigenvalue weighted by Crippen LogP contribution is -2.03. The quantitative estimate of drug-likeness (QED) is 0.429. The van der Waals surface area contributed by atoms with Crippen LogP contribution >= 0.6 is 11.6 Å². The zero-order valence-electron chi connectivity index (χ0n) is 14.9. The lowest BCUT2D eigenvalue weighted by Gasteiger charge is -2.09. The van der Waals surface area contributed by atoms with E-state index in [1.165, 1.54) is 6.21 Å². The Kier molecular flexibility index (Phi) is 6.65. The maximum atomic E-state index is 10.4. The van der Waals surface area contributed by atoms with Crippen LogP contribution in [0, 0.1) is 0 Å². The van der Waals surface area contributed by atoms with E-state index < -0.39 is 12.6 Å². The summed E-state index contributed by atoms with van der Waals surface area (Å²) in [5, 5.41) is 12.9. The number of ether oxygens (including phenoxy) is 1. The molecule has 0 bridgehead atoms. The molecule has 0 aliphatic rings. The summed E-state index contributed by atoms with van der Waals surface area (Å²) in [6.07, 6.45) is 1.48. The van der Waals surface area contributed by atoms with Crippen LogP contribution < -0.4 is 4.74 Å². The molecule has 6 heteroatoms. The lowest BCUT2D eigenvalue weighted by molar-refractivity contribution is -0.142. The summed E-state index contributed by atoms with van der Waals surface area (Å²) in [7, 11) is 0. The number of halogens is 1. The molecule has 0 unspecified atom stereocenters. The third-order valence-electron chi connectivity index (χ3n) is 3.89. The number of hydrogen-bond acceptors (Lipinski definition) is 4. The fourth-order valence-corrected chi connectivity index (χ4v) is 2.70. The van der Waals surface area contributed by atoms with Gasteiger partial charge < -0.3 is 14.7 Å². The zero-order chi connectivity index (χ0) is 19.8. The van der Waals surface area contributed by atoms with Gasteiger partial charge in [0, 0.05) is 10.6 Å². The molecule has 0 fully saturated rings. The molecule has 0 radical (unpaired) electrons. The second-order valence-electron chi connectivity index (χ2n) is 5.93. The molecule has 0 amide bonds. The first-order chi connectivity index (χ1) is 13.6. The highest BCUT2D eigenvalue weighted by molar-refractivity contribution is 6.31. The predicted molar refractivity (Wildman–Crippen MR) is 109 cm³/mol.